The lowest BCUT2D eigenvalue weighted by Crippen LogP contribution is -2.66. The van der Waals surface area contributed by atoms with E-state index in [1.807, 2.05) is 0 Å². The number of carboxylic acids is 1. The van der Waals surface area contributed by atoms with Gasteiger partial charge in [0.05, 0.1) is 10.9 Å². The number of alkyl halides is 8. The normalized spacial score (nSPS) is 12.5. The highest BCUT2D eigenvalue weighted by atomic mass is 127. The first-order valence-electron chi connectivity index (χ1n) is 17.5. The Hall–Kier alpha value is -3.27. The molecule has 0 aliphatic carbocycles. The van der Waals surface area contributed by atoms with Crippen LogP contribution in [0.25, 0.3) is 0 Å². The molecule has 5 aromatic carbocycles. The number of rotatable bonds is 8. The average Bonchev–Trinajstić information content (AvgIpc) is 3.16. The maximum absolute atomic E-state index is 12.5. The number of hydrogen-bond donors (Lipinski definition) is 1. The first kappa shape index (κ1) is 52.9. The topological polar surface area (TPSA) is 94.5 Å². The Bertz CT molecular complexity index is 2050. The van der Waals surface area contributed by atoms with Gasteiger partial charge >= 0.3 is 29.0 Å². The van der Waals surface area contributed by atoms with Crippen molar-refractivity contribution in [1.29, 1.82) is 0 Å². The first-order chi connectivity index (χ1) is 27.4. The maximum Gasteiger partial charge on any atom is 0.410 e. The van der Waals surface area contributed by atoms with Crippen molar-refractivity contribution in [2.45, 2.75) is 90.1 Å². The summed E-state index contributed by atoms with van der Waals surface area (Å²) >= 11 is 4.65. The van der Waals surface area contributed by atoms with Crippen LogP contribution in [0.1, 0.15) is 52.7 Å². The fraction of sp³-hybridized carbons (Fsp3) is 0.279. The Morgan fingerprint density at radius 3 is 1.00 bits per heavy atom. The molecule has 5 aromatic rings. The zero-order valence-corrected chi connectivity index (χ0v) is 38.9. The fourth-order valence-corrected chi connectivity index (χ4v) is 7.91. The smallest absolute Gasteiger partial charge is 0.410 e. The molecule has 0 spiro atoms. The van der Waals surface area contributed by atoms with Crippen LogP contribution in [0.15, 0.2) is 154 Å². The van der Waals surface area contributed by atoms with Crippen LogP contribution in [0, 0.1) is 7.14 Å². The van der Waals surface area contributed by atoms with E-state index in [0.29, 0.717) is 0 Å². The molecule has 0 radical (unpaired) electrons. The van der Waals surface area contributed by atoms with Gasteiger partial charge in [0.2, 0.25) is 0 Å². The van der Waals surface area contributed by atoms with E-state index in [2.05, 4.69) is 226 Å². The van der Waals surface area contributed by atoms with Gasteiger partial charge in [-0.05, 0) is 128 Å². The second-order valence-electron chi connectivity index (χ2n) is 14.8. The molecule has 0 amide bonds. The molecule has 0 aliphatic heterocycles. The molecule has 0 heterocycles. The van der Waals surface area contributed by atoms with E-state index < -0.39 is 39.1 Å². The van der Waals surface area contributed by atoms with Crippen LogP contribution in [0.2, 0.25) is 0 Å². The zero-order valence-electron chi connectivity index (χ0n) is 33.0. The molecule has 0 fully saturated rings. The van der Waals surface area contributed by atoms with Crippen molar-refractivity contribution in [3.8, 4) is 0 Å². The average molecular weight is 1110 g/mol. The minimum absolute atomic E-state index is 0.0146. The molecular weight excluding hydrogens is 1070 g/mol. The lowest BCUT2D eigenvalue weighted by molar-refractivity contribution is -0.341. The van der Waals surface area contributed by atoms with E-state index in [1.165, 1.54) is 33.0 Å². The molecule has 5 nitrogen and oxygen atoms in total. The van der Waals surface area contributed by atoms with E-state index >= 15 is 0 Å². The van der Waals surface area contributed by atoms with Gasteiger partial charge in [-0.25, -0.2) is 13.2 Å². The van der Waals surface area contributed by atoms with E-state index in [-0.39, 0.29) is 21.7 Å². The van der Waals surface area contributed by atoms with Crippen LogP contribution >= 0.6 is 45.2 Å². The van der Waals surface area contributed by atoms with Gasteiger partial charge in [-0.2, -0.15) is 35.1 Å². The van der Waals surface area contributed by atoms with Crippen molar-refractivity contribution < 1.29 is 58.0 Å². The molecule has 0 aromatic heterocycles. The second kappa shape index (κ2) is 21.2. The van der Waals surface area contributed by atoms with Crippen molar-refractivity contribution in [3.63, 3.8) is 0 Å². The van der Waals surface area contributed by atoms with Crippen LogP contribution in [-0.2, 0) is 36.6 Å². The monoisotopic (exact) mass is 1110 g/mol. The number of hydrogen-bond acceptors (Lipinski definition) is 4. The van der Waals surface area contributed by atoms with E-state index in [4.69, 9.17) is 5.11 Å². The first-order valence-corrected chi connectivity index (χ1v) is 22.3. The van der Waals surface area contributed by atoms with Gasteiger partial charge in [-0.3, -0.25) is 0 Å². The summed E-state index contributed by atoms with van der Waals surface area (Å²) < 4.78 is 131. The van der Waals surface area contributed by atoms with E-state index in [1.54, 1.807) is 0 Å². The maximum atomic E-state index is 12.5. The Kier molecular flexibility index (Phi) is 18.7. The Balaban J connectivity index is 0.000000285. The Morgan fingerprint density at radius 2 is 0.783 bits per heavy atom. The number of carboxylic acid groups (broad SMARTS) is 1. The van der Waals surface area contributed by atoms with Gasteiger partial charge in [-0.15, -0.1) is 0 Å². The highest BCUT2D eigenvalue weighted by molar-refractivity contribution is 14.1. The molecule has 0 saturated heterocycles. The SMILES string of the molecule is CC(C)(C)c1ccc(I)cc1.CC(C)(C)c1ccc(I)cc1.O=C(O)C(F)(F)C(F)(F)C(F)(F)C(F)(F)S(=O)(=O)[O-].c1ccc([S+](c2ccccc2)c2ccccc2)cc1. The van der Waals surface area contributed by atoms with Crippen LogP contribution in [0.4, 0.5) is 35.1 Å². The number of halogens is 10. The summed E-state index contributed by atoms with van der Waals surface area (Å²) in [6.45, 7) is 13.4. The third-order valence-electron chi connectivity index (χ3n) is 8.09. The van der Waals surface area contributed by atoms with Gasteiger partial charge < -0.3 is 9.66 Å². The third kappa shape index (κ3) is 13.9. The summed E-state index contributed by atoms with van der Waals surface area (Å²) in [6, 6.07) is 49.6. The third-order valence-corrected chi connectivity index (χ3v) is 12.6. The fourth-order valence-electron chi connectivity index (χ4n) is 4.65. The molecule has 326 valence electrons. The predicted octanol–water partition coefficient (Wildman–Crippen LogP) is 13.1. The standard InChI is InChI=1S/C18H15S.2C10H13I.C5H2F8O5S/c1-4-10-16(11-5-1)19(17-12-6-2-7-13-17)18-14-8-3-9-15-18;2*1-10(2,3)8-4-6-9(11)7-5-8;6-2(7,1(14)15)3(8,9)4(10,11)5(12,13)19(16,17)18/h1-15H;2*4-7H,1-3H3;(H,14,15)(H,16,17,18)/q+1;;;/p-1. The highest BCUT2D eigenvalue weighted by Crippen LogP contribution is 2.54. The van der Waals surface area contributed by atoms with Gasteiger partial charge in [0.25, 0.3) is 0 Å². The van der Waals surface area contributed by atoms with Crippen LogP contribution in [-0.4, -0.2) is 47.1 Å². The van der Waals surface area contributed by atoms with Crippen molar-refractivity contribution in [2.24, 2.45) is 0 Å². The zero-order chi connectivity index (χ0) is 46.0. The summed E-state index contributed by atoms with van der Waals surface area (Å²) in [5, 5.41) is 0.423. The molecule has 0 unspecified atom stereocenters. The molecular formula is C43H42F8I2O5S2. The van der Waals surface area contributed by atoms with E-state index in [0.717, 1.165) is 0 Å². The summed E-state index contributed by atoms with van der Waals surface area (Å²) in [4.78, 5) is 13.7. The molecule has 1 N–H and O–H groups in total. The highest BCUT2D eigenvalue weighted by Gasteiger charge is 2.85. The van der Waals surface area contributed by atoms with Gasteiger partial charge in [-0.1, -0.05) is 120 Å². The number of benzene rings is 5. The molecule has 17 heteroatoms. The molecule has 0 atom stereocenters. The summed E-state index contributed by atoms with van der Waals surface area (Å²) in [6.07, 6.45) is 0. The number of aliphatic carboxylic acids is 1. The lowest BCUT2D eigenvalue weighted by atomic mass is 9.87. The Labute approximate surface area is 375 Å². The van der Waals surface area contributed by atoms with E-state index in [9.17, 15) is 52.9 Å². The van der Waals surface area contributed by atoms with Gasteiger partial charge in [0.15, 0.2) is 24.8 Å². The van der Waals surface area contributed by atoms with Crippen molar-refractivity contribution in [1.82, 2.24) is 0 Å². The van der Waals surface area contributed by atoms with Gasteiger partial charge in [0.1, 0.15) is 0 Å². The predicted molar refractivity (Wildman–Crippen MR) is 234 cm³/mol. The van der Waals surface area contributed by atoms with Crippen molar-refractivity contribution in [3.05, 3.63) is 158 Å². The van der Waals surface area contributed by atoms with Crippen LogP contribution in [0.5, 0.6) is 0 Å². The molecule has 5 rings (SSSR count). The van der Waals surface area contributed by atoms with Gasteiger partial charge in [0, 0.05) is 7.14 Å². The minimum Gasteiger partial charge on any atom is -0.743 e. The quantitative estimate of drug-likeness (QED) is 0.0723. The lowest BCUT2D eigenvalue weighted by Gasteiger charge is -2.35. The Morgan fingerprint density at radius 1 is 0.517 bits per heavy atom. The summed E-state index contributed by atoms with van der Waals surface area (Å²) in [7, 11) is -7.48. The molecule has 0 bridgehead atoms. The largest absolute Gasteiger partial charge is 0.743 e. The molecule has 60 heavy (non-hydrogen) atoms. The van der Waals surface area contributed by atoms with Crippen molar-refractivity contribution >= 4 is 72.2 Å². The molecule has 0 aliphatic rings. The second-order valence-corrected chi connectivity index (χ2v) is 20.7. The molecule has 0 saturated carbocycles. The van der Waals surface area contributed by atoms with Crippen LogP contribution < -0.4 is 0 Å². The summed E-state index contributed by atoms with van der Waals surface area (Å²) in [5.41, 5.74) is 3.37. The van der Waals surface area contributed by atoms with Crippen molar-refractivity contribution in [2.75, 3.05) is 0 Å². The minimum atomic E-state index is -7.47. The van der Waals surface area contributed by atoms with Crippen LogP contribution in [0.3, 0.4) is 0 Å². The number of carbonyl (C=O) groups is 1. The summed E-state index contributed by atoms with van der Waals surface area (Å²) in [5.74, 6) is -25.5.